The van der Waals surface area contributed by atoms with Crippen LogP contribution in [0.25, 0.3) is 10.9 Å². The van der Waals surface area contributed by atoms with Gasteiger partial charge in [-0.05, 0) is 49.1 Å². The molecule has 3 heterocycles. The molecule has 1 saturated heterocycles. The zero-order valence-corrected chi connectivity index (χ0v) is 22.0. The number of aromatic nitrogens is 1. The Hall–Kier alpha value is -3.52. The molecule has 2 aliphatic rings. The Morgan fingerprint density at radius 2 is 1.89 bits per heavy atom. The van der Waals surface area contributed by atoms with Crippen LogP contribution in [0.1, 0.15) is 49.4 Å². The van der Waals surface area contributed by atoms with Crippen molar-refractivity contribution >= 4 is 22.7 Å². The molecule has 2 atom stereocenters. The van der Waals surface area contributed by atoms with Crippen LogP contribution in [0.5, 0.6) is 11.5 Å². The van der Waals surface area contributed by atoms with Gasteiger partial charge in [-0.2, -0.15) is 0 Å². The smallest absolute Gasteiger partial charge is 0.254 e. The van der Waals surface area contributed by atoms with Crippen LogP contribution in [0.15, 0.2) is 42.5 Å². The maximum absolute atomic E-state index is 14.0. The number of para-hydroxylation sites is 1. The second-order valence-electron chi connectivity index (χ2n) is 9.92. The van der Waals surface area contributed by atoms with Gasteiger partial charge in [0, 0.05) is 43.6 Å². The predicted molar refractivity (Wildman–Crippen MR) is 141 cm³/mol. The zero-order valence-electron chi connectivity index (χ0n) is 22.0. The number of nitrogens with one attached hydrogen (secondary N) is 1. The number of piperazine rings is 1. The molecule has 8 nitrogen and oxygen atoms in total. The van der Waals surface area contributed by atoms with Gasteiger partial charge in [-0.15, -0.1) is 0 Å². The summed E-state index contributed by atoms with van der Waals surface area (Å²) in [6.45, 7) is 6.05. The van der Waals surface area contributed by atoms with Crippen LogP contribution in [-0.4, -0.2) is 73.7 Å². The van der Waals surface area contributed by atoms with Gasteiger partial charge >= 0.3 is 0 Å². The van der Waals surface area contributed by atoms with E-state index >= 15 is 0 Å². The molecule has 0 radical (unpaired) electrons. The standard InChI is InChI=1S/C29H35N3O5/c1-5-14-37-23-12-11-19(16-24(23)36-4)21-17-32-25(33)18-31(13-8-15-35-3)28(34)29(32,2)27-26(21)20-9-6-7-10-22(20)30-27/h6-7,9-12,16,21,30H,5,8,13-15,17-18H2,1-4H3/t21?,29-/m0/s1. The van der Waals surface area contributed by atoms with Crippen LogP contribution >= 0.6 is 0 Å². The number of methoxy groups -OCH3 is 2. The van der Waals surface area contributed by atoms with Gasteiger partial charge in [0.2, 0.25) is 5.91 Å². The molecule has 2 amide bonds. The highest BCUT2D eigenvalue weighted by molar-refractivity contribution is 6.01. The highest BCUT2D eigenvalue weighted by Crippen LogP contribution is 2.49. The minimum atomic E-state index is -1.11. The highest BCUT2D eigenvalue weighted by atomic mass is 16.5. The number of fused-ring (bicyclic) bond motifs is 5. The van der Waals surface area contributed by atoms with Gasteiger partial charge in [0.15, 0.2) is 17.0 Å². The summed E-state index contributed by atoms with van der Waals surface area (Å²) in [5.74, 6) is 1.11. The number of aromatic amines is 1. The molecule has 0 bridgehead atoms. The van der Waals surface area contributed by atoms with Crippen LogP contribution in [0, 0.1) is 0 Å². The monoisotopic (exact) mass is 505 g/mol. The molecule has 8 heteroatoms. The number of carbonyl (C=O) groups is 2. The lowest BCUT2D eigenvalue weighted by molar-refractivity contribution is -0.166. The normalized spacial score (nSPS) is 21.2. The van der Waals surface area contributed by atoms with Crippen molar-refractivity contribution < 1.29 is 23.8 Å². The van der Waals surface area contributed by atoms with Crippen molar-refractivity contribution in [2.45, 2.75) is 38.1 Å². The number of hydrogen-bond donors (Lipinski definition) is 1. The number of amides is 2. The molecule has 5 rings (SSSR count). The van der Waals surface area contributed by atoms with E-state index in [9.17, 15) is 9.59 Å². The number of ether oxygens (including phenoxy) is 3. The molecule has 1 N–H and O–H groups in total. The van der Waals surface area contributed by atoms with Gasteiger partial charge in [-0.1, -0.05) is 31.2 Å². The zero-order chi connectivity index (χ0) is 26.2. The number of benzene rings is 2. The van der Waals surface area contributed by atoms with Crippen molar-refractivity contribution in [1.82, 2.24) is 14.8 Å². The number of nitrogens with zero attached hydrogens (tertiary/aromatic N) is 2. The number of hydrogen-bond acceptors (Lipinski definition) is 5. The van der Waals surface area contributed by atoms with Crippen LogP contribution in [-0.2, 0) is 19.9 Å². The summed E-state index contributed by atoms with van der Waals surface area (Å²) in [5.41, 5.74) is 2.69. The second-order valence-corrected chi connectivity index (χ2v) is 9.92. The molecular formula is C29H35N3O5. The lowest BCUT2D eigenvalue weighted by Crippen LogP contribution is -2.67. The minimum Gasteiger partial charge on any atom is -0.493 e. The van der Waals surface area contributed by atoms with E-state index in [2.05, 4.69) is 18.0 Å². The molecule has 196 valence electrons. The van der Waals surface area contributed by atoms with Gasteiger partial charge in [-0.25, -0.2) is 0 Å². The fraction of sp³-hybridized carbons (Fsp3) is 0.448. The van der Waals surface area contributed by atoms with E-state index in [1.54, 1.807) is 24.0 Å². The van der Waals surface area contributed by atoms with E-state index in [1.165, 1.54) is 0 Å². The lowest BCUT2D eigenvalue weighted by atomic mass is 9.76. The predicted octanol–water partition coefficient (Wildman–Crippen LogP) is 4.03. The van der Waals surface area contributed by atoms with Gasteiger partial charge in [0.25, 0.3) is 5.91 Å². The molecular weight excluding hydrogens is 470 g/mol. The summed E-state index contributed by atoms with van der Waals surface area (Å²) in [5, 5.41) is 1.06. The van der Waals surface area contributed by atoms with E-state index < -0.39 is 5.54 Å². The van der Waals surface area contributed by atoms with Crippen molar-refractivity contribution in [3.63, 3.8) is 0 Å². The Balaban J connectivity index is 1.63. The van der Waals surface area contributed by atoms with Crippen molar-refractivity contribution in [3.8, 4) is 11.5 Å². The SMILES string of the molecule is CCCOc1ccc(C2CN3C(=O)CN(CCCOC)C(=O)[C@]3(C)c3[nH]c4ccccc4c32)cc1OC. The maximum Gasteiger partial charge on any atom is 0.254 e. The lowest BCUT2D eigenvalue weighted by Gasteiger charge is -2.51. The summed E-state index contributed by atoms with van der Waals surface area (Å²) in [7, 11) is 3.28. The first kappa shape index (κ1) is 25.1. The van der Waals surface area contributed by atoms with E-state index in [1.807, 2.05) is 43.3 Å². The third-order valence-electron chi connectivity index (χ3n) is 7.65. The first-order valence-corrected chi connectivity index (χ1v) is 12.9. The molecule has 3 aromatic rings. The van der Waals surface area contributed by atoms with Gasteiger partial charge in [0.05, 0.1) is 26.0 Å². The number of rotatable bonds is 9. The maximum atomic E-state index is 14.0. The molecule has 1 aromatic heterocycles. The van der Waals surface area contributed by atoms with Crippen LogP contribution < -0.4 is 9.47 Å². The molecule has 0 aliphatic carbocycles. The largest absolute Gasteiger partial charge is 0.493 e. The van der Waals surface area contributed by atoms with E-state index in [0.717, 1.165) is 34.1 Å². The van der Waals surface area contributed by atoms with Crippen LogP contribution in [0.3, 0.4) is 0 Å². The Bertz CT molecular complexity index is 1320. The average Bonchev–Trinajstić information content (AvgIpc) is 3.31. The average molecular weight is 506 g/mol. The first-order valence-electron chi connectivity index (χ1n) is 12.9. The Kier molecular flexibility index (Phi) is 6.86. The van der Waals surface area contributed by atoms with E-state index in [0.29, 0.717) is 44.2 Å². The fourth-order valence-corrected chi connectivity index (χ4v) is 5.79. The molecule has 2 aromatic carbocycles. The summed E-state index contributed by atoms with van der Waals surface area (Å²) in [6.07, 6.45) is 1.58. The molecule has 0 saturated carbocycles. The molecule has 37 heavy (non-hydrogen) atoms. The number of H-pyrrole nitrogens is 1. The Morgan fingerprint density at radius 3 is 2.65 bits per heavy atom. The van der Waals surface area contributed by atoms with Crippen LogP contribution in [0.2, 0.25) is 0 Å². The second kappa shape index (κ2) is 10.1. The molecule has 2 aliphatic heterocycles. The summed E-state index contributed by atoms with van der Waals surface area (Å²) in [6, 6.07) is 14.1. The van der Waals surface area contributed by atoms with Crippen molar-refractivity contribution in [2.75, 3.05) is 47.1 Å². The summed E-state index contributed by atoms with van der Waals surface area (Å²) in [4.78, 5) is 34.5. The van der Waals surface area contributed by atoms with Gasteiger partial charge in [-0.3, -0.25) is 9.59 Å². The third-order valence-corrected chi connectivity index (χ3v) is 7.65. The highest BCUT2D eigenvalue weighted by Gasteiger charge is 2.56. The quantitative estimate of drug-likeness (QED) is 0.444. The van der Waals surface area contributed by atoms with Crippen molar-refractivity contribution in [2.24, 2.45) is 0 Å². The van der Waals surface area contributed by atoms with Crippen LogP contribution in [0.4, 0.5) is 0 Å². The molecule has 0 spiro atoms. The third kappa shape index (κ3) is 4.13. The van der Waals surface area contributed by atoms with Gasteiger partial charge < -0.3 is 29.0 Å². The minimum absolute atomic E-state index is 0.0521. The van der Waals surface area contributed by atoms with E-state index in [-0.39, 0.29) is 24.3 Å². The molecule has 1 unspecified atom stereocenters. The van der Waals surface area contributed by atoms with Crippen molar-refractivity contribution in [3.05, 3.63) is 59.3 Å². The summed E-state index contributed by atoms with van der Waals surface area (Å²) >= 11 is 0. The Morgan fingerprint density at radius 1 is 1.08 bits per heavy atom. The Labute approximate surface area is 217 Å². The topological polar surface area (TPSA) is 84.1 Å². The fourth-order valence-electron chi connectivity index (χ4n) is 5.79. The van der Waals surface area contributed by atoms with E-state index in [4.69, 9.17) is 14.2 Å². The first-order chi connectivity index (χ1) is 17.9. The van der Waals surface area contributed by atoms with Gasteiger partial charge in [0.1, 0.15) is 0 Å². The van der Waals surface area contributed by atoms with Crippen molar-refractivity contribution in [1.29, 1.82) is 0 Å². The molecule has 1 fully saturated rings. The summed E-state index contributed by atoms with van der Waals surface area (Å²) < 4.78 is 16.7. The number of carbonyl (C=O) groups excluding carboxylic acids is 2.